The molecule has 0 spiro atoms. The number of carboxylic acid groups (broad SMARTS) is 1. The monoisotopic (exact) mass is 284 g/mol. The molecule has 2 rings (SSSR count). The van der Waals surface area contributed by atoms with Crippen molar-refractivity contribution in [2.45, 2.75) is 6.42 Å². The Morgan fingerprint density at radius 2 is 1.72 bits per heavy atom. The van der Waals surface area contributed by atoms with E-state index >= 15 is 0 Å². The van der Waals surface area contributed by atoms with E-state index in [0.717, 1.165) is 10.4 Å². The standard InChI is InChI=1S/C13H10O3S.K/c14-12(13(15)16)11-7-6-10(17-11)8-9-4-2-1-3-5-9;/h1-7H,8H2,(H,15,16);/q;+1/p-1. The zero-order valence-electron chi connectivity index (χ0n) is 9.88. The average molecular weight is 284 g/mol. The molecule has 0 N–H and O–H groups in total. The number of carbonyl (C=O) groups is 2. The predicted octanol–water partition coefficient (Wildman–Crippen LogP) is -1.72. The Labute approximate surface area is 151 Å². The second kappa shape index (κ2) is 7.33. The minimum Gasteiger partial charge on any atom is -0.541 e. The molecule has 0 aliphatic rings. The van der Waals surface area contributed by atoms with Gasteiger partial charge >= 0.3 is 51.4 Å². The van der Waals surface area contributed by atoms with Crippen molar-refractivity contribution >= 4 is 23.1 Å². The van der Waals surface area contributed by atoms with E-state index in [2.05, 4.69) is 0 Å². The van der Waals surface area contributed by atoms with Gasteiger partial charge in [-0.15, -0.1) is 11.3 Å². The second-order valence-electron chi connectivity index (χ2n) is 3.54. The summed E-state index contributed by atoms with van der Waals surface area (Å²) in [5.41, 5.74) is 1.13. The quantitative estimate of drug-likeness (QED) is 0.381. The molecule has 0 atom stereocenters. The Hall–Kier alpha value is -0.304. The van der Waals surface area contributed by atoms with Crippen LogP contribution in [-0.2, 0) is 11.2 Å². The van der Waals surface area contributed by atoms with Crippen molar-refractivity contribution in [3.63, 3.8) is 0 Å². The fraction of sp³-hybridized carbons (Fsp3) is 0.0769. The summed E-state index contributed by atoms with van der Waals surface area (Å²) in [5.74, 6) is -2.60. The molecule has 0 saturated heterocycles. The number of ketones is 1. The minimum absolute atomic E-state index is 0. The molecule has 3 nitrogen and oxygen atoms in total. The van der Waals surface area contributed by atoms with Crippen LogP contribution in [0.5, 0.6) is 0 Å². The third-order valence-electron chi connectivity index (χ3n) is 2.29. The van der Waals surface area contributed by atoms with Crippen molar-refractivity contribution in [2.75, 3.05) is 0 Å². The van der Waals surface area contributed by atoms with Crippen LogP contribution in [0.15, 0.2) is 42.5 Å². The molecule has 0 radical (unpaired) electrons. The second-order valence-corrected chi connectivity index (χ2v) is 4.71. The molecule has 1 aromatic heterocycles. The van der Waals surface area contributed by atoms with Gasteiger partial charge in [-0.3, -0.25) is 4.79 Å². The van der Waals surface area contributed by atoms with E-state index in [1.54, 1.807) is 6.07 Å². The molecule has 0 bridgehead atoms. The van der Waals surface area contributed by atoms with Crippen LogP contribution in [0.3, 0.4) is 0 Å². The number of rotatable bonds is 4. The molecule has 0 aliphatic carbocycles. The van der Waals surface area contributed by atoms with E-state index in [1.165, 1.54) is 17.4 Å². The Balaban J connectivity index is 0.00000162. The van der Waals surface area contributed by atoms with Gasteiger partial charge in [-0.2, -0.15) is 0 Å². The predicted molar refractivity (Wildman–Crippen MR) is 62.9 cm³/mol. The first-order valence-corrected chi connectivity index (χ1v) is 5.87. The van der Waals surface area contributed by atoms with Gasteiger partial charge in [-0.1, -0.05) is 30.3 Å². The van der Waals surface area contributed by atoms with E-state index in [0.29, 0.717) is 6.42 Å². The molecule has 1 aromatic carbocycles. The molecule has 86 valence electrons. The molecule has 0 saturated carbocycles. The summed E-state index contributed by atoms with van der Waals surface area (Å²) in [6.45, 7) is 0. The Bertz CT molecular complexity index is 548. The Morgan fingerprint density at radius 1 is 1.06 bits per heavy atom. The first-order valence-electron chi connectivity index (χ1n) is 5.05. The minimum atomic E-state index is -1.65. The molecule has 5 heteroatoms. The van der Waals surface area contributed by atoms with Crippen LogP contribution in [0, 0.1) is 0 Å². The molecule has 1 heterocycles. The summed E-state index contributed by atoms with van der Waals surface area (Å²) in [4.78, 5) is 22.7. The number of carboxylic acids is 1. The van der Waals surface area contributed by atoms with Gasteiger partial charge < -0.3 is 9.90 Å². The summed E-state index contributed by atoms with van der Waals surface area (Å²) in [6.07, 6.45) is 0.700. The fourth-order valence-corrected chi connectivity index (χ4v) is 2.46. The van der Waals surface area contributed by atoms with Crippen molar-refractivity contribution < 1.29 is 66.1 Å². The molecular weight excluding hydrogens is 275 g/mol. The maximum atomic E-state index is 11.2. The number of Topliss-reactive ketones (excluding diaryl/α,β-unsaturated/α-hetero) is 1. The van der Waals surface area contributed by atoms with Crippen LogP contribution in [0.25, 0.3) is 0 Å². The van der Waals surface area contributed by atoms with E-state index in [9.17, 15) is 14.7 Å². The van der Waals surface area contributed by atoms with E-state index in [-0.39, 0.29) is 56.3 Å². The van der Waals surface area contributed by atoms with Crippen LogP contribution in [0.1, 0.15) is 20.1 Å². The smallest absolute Gasteiger partial charge is 0.541 e. The van der Waals surface area contributed by atoms with Crippen LogP contribution >= 0.6 is 11.3 Å². The third-order valence-corrected chi connectivity index (χ3v) is 3.38. The molecule has 0 fully saturated rings. The van der Waals surface area contributed by atoms with E-state index < -0.39 is 11.8 Å². The van der Waals surface area contributed by atoms with Gasteiger partial charge in [0.25, 0.3) is 0 Å². The largest absolute Gasteiger partial charge is 1.00 e. The van der Waals surface area contributed by atoms with Crippen LogP contribution < -0.4 is 56.5 Å². The fourth-order valence-electron chi connectivity index (χ4n) is 1.49. The molecular formula is C13H9KO3S. The van der Waals surface area contributed by atoms with Gasteiger partial charge in [0, 0.05) is 11.3 Å². The first-order chi connectivity index (χ1) is 8.16. The Kier molecular flexibility index (Phi) is 6.41. The number of benzene rings is 1. The van der Waals surface area contributed by atoms with Gasteiger partial charge in [0.1, 0.15) is 5.97 Å². The Morgan fingerprint density at radius 3 is 2.33 bits per heavy atom. The zero-order chi connectivity index (χ0) is 12.3. The zero-order valence-corrected chi connectivity index (χ0v) is 13.8. The van der Waals surface area contributed by atoms with Crippen LogP contribution in [-0.4, -0.2) is 11.8 Å². The van der Waals surface area contributed by atoms with Crippen molar-refractivity contribution in [3.8, 4) is 0 Å². The number of carbonyl (C=O) groups excluding carboxylic acids is 2. The molecule has 0 aliphatic heterocycles. The van der Waals surface area contributed by atoms with E-state index in [4.69, 9.17) is 0 Å². The van der Waals surface area contributed by atoms with Crippen molar-refractivity contribution in [3.05, 3.63) is 57.8 Å². The topological polar surface area (TPSA) is 57.2 Å². The van der Waals surface area contributed by atoms with Crippen molar-refractivity contribution in [1.29, 1.82) is 0 Å². The summed E-state index contributed by atoms with van der Waals surface area (Å²) in [5, 5.41) is 10.4. The summed E-state index contributed by atoms with van der Waals surface area (Å²) in [6, 6.07) is 13.1. The summed E-state index contributed by atoms with van der Waals surface area (Å²) < 4.78 is 0. The first kappa shape index (κ1) is 15.8. The van der Waals surface area contributed by atoms with Gasteiger partial charge in [0.2, 0.25) is 5.78 Å². The van der Waals surface area contributed by atoms with Crippen molar-refractivity contribution in [1.82, 2.24) is 0 Å². The average Bonchev–Trinajstić information content (AvgIpc) is 2.77. The third kappa shape index (κ3) is 4.12. The normalized spacial score (nSPS) is 9.56. The maximum absolute atomic E-state index is 11.2. The van der Waals surface area contributed by atoms with Crippen molar-refractivity contribution in [2.24, 2.45) is 0 Å². The molecule has 2 aromatic rings. The van der Waals surface area contributed by atoms with Gasteiger partial charge in [-0.05, 0) is 17.7 Å². The van der Waals surface area contributed by atoms with Gasteiger partial charge in [0.05, 0.1) is 4.88 Å². The number of hydrogen-bond donors (Lipinski definition) is 0. The maximum Gasteiger partial charge on any atom is 1.00 e. The SMILES string of the molecule is O=C([O-])C(=O)c1ccc(Cc2ccccc2)s1.[K+]. The molecule has 0 unspecified atom stereocenters. The summed E-state index contributed by atoms with van der Waals surface area (Å²) >= 11 is 1.19. The van der Waals surface area contributed by atoms with Crippen LogP contribution in [0.4, 0.5) is 0 Å². The number of hydrogen-bond acceptors (Lipinski definition) is 4. The van der Waals surface area contributed by atoms with Gasteiger partial charge in [-0.25, -0.2) is 0 Å². The number of aliphatic carboxylic acids is 1. The summed E-state index contributed by atoms with van der Waals surface area (Å²) in [7, 11) is 0. The molecule has 0 amide bonds. The van der Waals surface area contributed by atoms with Crippen LogP contribution in [0.2, 0.25) is 0 Å². The molecule has 18 heavy (non-hydrogen) atoms. The number of thiophene rings is 1. The van der Waals surface area contributed by atoms with E-state index in [1.807, 2.05) is 30.3 Å². The van der Waals surface area contributed by atoms with Gasteiger partial charge in [0.15, 0.2) is 0 Å².